The second-order valence-electron chi connectivity index (χ2n) is 3.69. The Morgan fingerprint density at radius 2 is 1.76 bits per heavy atom. The van der Waals surface area contributed by atoms with Gasteiger partial charge in [0.25, 0.3) is 0 Å². The van der Waals surface area contributed by atoms with E-state index in [1.54, 1.807) is 7.11 Å². The molecule has 0 aliphatic heterocycles. The summed E-state index contributed by atoms with van der Waals surface area (Å²) in [5.74, 6) is 0.636. The van der Waals surface area contributed by atoms with Gasteiger partial charge in [-0.2, -0.15) is 0 Å². The molecule has 17 heavy (non-hydrogen) atoms. The summed E-state index contributed by atoms with van der Waals surface area (Å²) in [6, 6.07) is 15.6. The number of benzene rings is 2. The molecule has 0 aromatic heterocycles. The standard InChI is InChI=1S/C14H14N2O/c1-17-13-8-7-11(9-12(13)14(15)16)10-5-3-2-4-6-10/h2-9H,1H3,(H3,15,16). The lowest BCUT2D eigenvalue weighted by Crippen LogP contribution is -2.12. The summed E-state index contributed by atoms with van der Waals surface area (Å²) in [5, 5.41) is 7.54. The molecule has 0 bridgehead atoms. The molecule has 0 radical (unpaired) electrons. The van der Waals surface area contributed by atoms with Crippen molar-refractivity contribution >= 4 is 5.84 Å². The molecule has 0 aliphatic rings. The van der Waals surface area contributed by atoms with Crippen LogP contribution in [0, 0.1) is 5.41 Å². The average molecular weight is 226 g/mol. The first-order chi connectivity index (χ1) is 8.22. The molecule has 3 nitrogen and oxygen atoms in total. The lowest BCUT2D eigenvalue weighted by molar-refractivity contribution is 0.414. The zero-order valence-electron chi connectivity index (χ0n) is 9.60. The molecule has 0 heterocycles. The Labute approximate surface area is 100 Å². The van der Waals surface area contributed by atoms with E-state index in [1.165, 1.54) is 0 Å². The highest BCUT2D eigenvalue weighted by molar-refractivity contribution is 5.98. The largest absolute Gasteiger partial charge is 0.496 e. The Hall–Kier alpha value is -2.29. The van der Waals surface area contributed by atoms with Crippen LogP contribution in [0.2, 0.25) is 0 Å². The number of nitrogens with two attached hydrogens (primary N) is 1. The summed E-state index contributed by atoms with van der Waals surface area (Å²) in [5.41, 5.74) is 8.28. The van der Waals surface area contributed by atoms with Crippen LogP contribution in [0.1, 0.15) is 5.56 Å². The number of ether oxygens (including phenoxy) is 1. The van der Waals surface area contributed by atoms with Crippen molar-refractivity contribution < 1.29 is 4.74 Å². The molecule has 3 N–H and O–H groups in total. The van der Waals surface area contributed by atoms with E-state index in [0.717, 1.165) is 11.1 Å². The van der Waals surface area contributed by atoms with Crippen molar-refractivity contribution in [3.8, 4) is 16.9 Å². The second kappa shape index (κ2) is 4.70. The minimum atomic E-state index is 0.0135. The Morgan fingerprint density at radius 1 is 1.06 bits per heavy atom. The van der Waals surface area contributed by atoms with E-state index in [0.29, 0.717) is 11.3 Å². The van der Waals surface area contributed by atoms with Crippen LogP contribution in [-0.2, 0) is 0 Å². The van der Waals surface area contributed by atoms with Crippen molar-refractivity contribution in [1.82, 2.24) is 0 Å². The topological polar surface area (TPSA) is 59.1 Å². The van der Waals surface area contributed by atoms with E-state index < -0.39 is 0 Å². The van der Waals surface area contributed by atoms with Gasteiger partial charge in [-0.25, -0.2) is 0 Å². The SMILES string of the molecule is COc1ccc(-c2ccccc2)cc1C(=N)N. The highest BCUT2D eigenvalue weighted by atomic mass is 16.5. The molecule has 86 valence electrons. The van der Waals surface area contributed by atoms with Crippen LogP contribution in [0.5, 0.6) is 5.75 Å². The Bertz CT molecular complexity index is 535. The molecule has 0 saturated heterocycles. The molecule has 0 atom stereocenters. The average Bonchev–Trinajstić information content (AvgIpc) is 2.39. The van der Waals surface area contributed by atoms with Gasteiger partial charge in [0.2, 0.25) is 0 Å². The minimum Gasteiger partial charge on any atom is -0.496 e. The smallest absolute Gasteiger partial charge is 0.129 e. The lowest BCUT2D eigenvalue weighted by Gasteiger charge is -2.09. The number of amidine groups is 1. The normalized spacial score (nSPS) is 9.94. The molecule has 0 fully saturated rings. The van der Waals surface area contributed by atoms with Gasteiger partial charge in [0.15, 0.2) is 0 Å². The summed E-state index contributed by atoms with van der Waals surface area (Å²) in [4.78, 5) is 0. The Morgan fingerprint density at radius 3 is 2.35 bits per heavy atom. The third kappa shape index (κ3) is 2.28. The van der Waals surface area contributed by atoms with Crippen molar-refractivity contribution in [3.63, 3.8) is 0 Å². The van der Waals surface area contributed by atoms with Gasteiger partial charge < -0.3 is 10.5 Å². The molecule has 2 aromatic carbocycles. The van der Waals surface area contributed by atoms with Gasteiger partial charge in [0.05, 0.1) is 12.7 Å². The van der Waals surface area contributed by atoms with Crippen molar-refractivity contribution in [3.05, 3.63) is 54.1 Å². The van der Waals surface area contributed by atoms with E-state index >= 15 is 0 Å². The van der Waals surface area contributed by atoms with Gasteiger partial charge in [-0.1, -0.05) is 36.4 Å². The number of methoxy groups -OCH3 is 1. The second-order valence-corrected chi connectivity index (χ2v) is 3.69. The summed E-state index contributed by atoms with van der Waals surface area (Å²) in [6.45, 7) is 0. The maximum atomic E-state index is 7.54. The molecule has 2 aromatic rings. The Kier molecular flexibility index (Phi) is 3.10. The van der Waals surface area contributed by atoms with E-state index in [9.17, 15) is 0 Å². The molecule has 0 amide bonds. The van der Waals surface area contributed by atoms with Gasteiger partial charge in [-0.15, -0.1) is 0 Å². The van der Waals surface area contributed by atoms with Crippen LogP contribution in [-0.4, -0.2) is 12.9 Å². The zero-order valence-corrected chi connectivity index (χ0v) is 9.60. The van der Waals surface area contributed by atoms with Crippen LogP contribution >= 0.6 is 0 Å². The maximum absolute atomic E-state index is 7.54. The molecule has 3 heteroatoms. The lowest BCUT2D eigenvalue weighted by atomic mass is 10.0. The van der Waals surface area contributed by atoms with Gasteiger partial charge in [-0.05, 0) is 23.3 Å². The van der Waals surface area contributed by atoms with Crippen LogP contribution in [0.4, 0.5) is 0 Å². The van der Waals surface area contributed by atoms with Crippen molar-refractivity contribution in [2.24, 2.45) is 5.73 Å². The van der Waals surface area contributed by atoms with Gasteiger partial charge >= 0.3 is 0 Å². The fourth-order valence-corrected chi connectivity index (χ4v) is 1.73. The first kappa shape index (κ1) is 11.2. The van der Waals surface area contributed by atoms with Crippen LogP contribution in [0.25, 0.3) is 11.1 Å². The fraction of sp³-hybridized carbons (Fsp3) is 0.0714. The zero-order chi connectivity index (χ0) is 12.3. The number of rotatable bonds is 3. The predicted octanol–water partition coefficient (Wildman–Crippen LogP) is 2.65. The molecule has 0 unspecified atom stereocenters. The summed E-state index contributed by atoms with van der Waals surface area (Å²) in [7, 11) is 1.57. The molecular formula is C14H14N2O. The molecular weight excluding hydrogens is 212 g/mol. The third-order valence-electron chi connectivity index (χ3n) is 2.60. The van der Waals surface area contributed by atoms with Gasteiger partial charge in [-0.3, -0.25) is 5.41 Å². The molecule has 0 spiro atoms. The molecule has 2 rings (SSSR count). The van der Waals surface area contributed by atoms with Crippen molar-refractivity contribution in [2.45, 2.75) is 0 Å². The summed E-state index contributed by atoms with van der Waals surface area (Å²) < 4.78 is 5.18. The summed E-state index contributed by atoms with van der Waals surface area (Å²) >= 11 is 0. The van der Waals surface area contributed by atoms with Crippen LogP contribution < -0.4 is 10.5 Å². The quantitative estimate of drug-likeness (QED) is 0.624. The number of hydrogen-bond acceptors (Lipinski definition) is 2. The van der Waals surface area contributed by atoms with E-state index in [1.807, 2.05) is 48.5 Å². The highest BCUT2D eigenvalue weighted by Gasteiger charge is 2.07. The number of nitrogen functional groups attached to an aromatic ring is 1. The minimum absolute atomic E-state index is 0.0135. The van der Waals surface area contributed by atoms with Gasteiger partial charge in [0.1, 0.15) is 11.6 Å². The van der Waals surface area contributed by atoms with E-state index in [-0.39, 0.29) is 5.84 Å². The Balaban J connectivity index is 2.51. The maximum Gasteiger partial charge on any atom is 0.129 e. The number of hydrogen-bond donors (Lipinski definition) is 2. The van der Waals surface area contributed by atoms with Crippen LogP contribution in [0.15, 0.2) is 48.5 Å². The first-order valence-electron chi connectivity index (χ1n) is 5.30. The van der Waals surface area contributed by atoms with E-state index in [2.05, 4.69) is 0 Å². The van der Waals surface area contributed by atoms with E-state index in [4.69, 9.17) is 15.9 Å². The van der Waals surface area contributed by atoms with Crippen molar-refractivity contribution in [1.29, 1.82) is 5.41 Å². The predicted molar refractivity (Wildman–Crippen MR) is 69.4 cm³/mol. The van der Waals surface area contributed by atoms with Crippen molar-refractivity contribution in [2.75, 3.05) is 7.11 Å². The first-order valence-corrected chi connectivity index (χ1v) is 5.30. The molecule has 0 aliphatic carbocycles. The monoisotopic (exact) mass is 226 g/mol. The van der Waals surface area contributed by atoms with Gasteiger partial charge in [0, 0.05) is 0 Å². The molecule has 0 saturated carbocycles. The third-order valence-corrected chi connectivity index (χ3v) is 2.60. The summed E-state index contributed by atoms with van der Waals surface area (Å²) in [6.07, 6.45) is 0. The fourth-order valence-electron chi connectivity index (χ4n) is 1.73. The highest BCUT2D eigenvalue weighted by Crippen LogP contribution is 2.26. The number of nitrogens with one attached hydrogen (secondary N) is 1. The van der Waals surface area contributed by atoms with Crippen LogP contribution in [0.3, 0.4) is 0 Å².